The molecule has 1 fully saturated rings. The molecule has 1 aliphatic rings. The summed E-state index contributed by atoms with van der Waals surface area (Å²) in [5.41, 5.74) is 2.25. The zero-order valence-corrected chi connectivity index (χ0v) is 26.1. The van der Waals surface area contributed by atoms with Crippen molar-refractivity contribution in [3.05, 3.63) is 0 Å². The molecular weight excluding hydrogens is 372 g/mol. The third-order valence-corrected chi connectivity index (χ3v) is 4.69. The van der Waals surface area contributed by atoms with Crippen LogP contribution in [0, 0.1) is 33.5 Å². The molecule has 0 saturated heterocycles. The molecule has 0 nitrogen and oxygen atoms in total. The predicted molar refractivity (Wildman–Crippen MR) is 151 cm³/mol. The molecule has 0 amide bonds. The highest BCUT2D eigenvalue weighted by Gasteiger charge is 2.23. The Bertz CT molecular complexity index is 332. The van der Waals surface area contributed by atoms with Gasteiger partial charge in [-0.15, -0.1) is 0 Å². The quantitative estimate of drug-likeness (QED) is 0.378. The molecule has 0 spiro atoms. The smallest absolute Gasteiger partial charge is 0.0354 e. The third kappa shape index (κ3) is 65.2. The van der Waals surface area contributed by atoms with Gasteiger partial charge in [-0.1, -0.05) is 150 Å². The van der Waals surface area contributed by atoms with Crippen LogP contribution in [0.2, 0.25) is 0 Å². The summed E-state index contributed by atoms with van der Waals surface area (Å²) in [5, 5.41) is 0. The fourth-order valence-electron chi connectivity index (χ4n) is 2.29. The first-order valence-electron chi connectivity index (χ1n) is 13.5. The Kier molecular flexibility index (Phi) is 22.8. The Morgan fingerprint density at radius 3 is 1.06 bits per heavy atom. The molecule has 0 bridgehead atoms. The average Bonchev–Trinajstić information content (AvgIpc) is 2.47. The van der Waals surface area contributed by atoms with Crippen molar-refractivity contribution in [3.63, 3.8) is 0 Å². The lowest BCUT2D eigenvalue weighted by atomic mass is 9.74. The van der Waals surface area contributed by atoms with Gasteiger partial charge in [-0.05, 0) is 52.8 Å². The molecule has 0 unspecified atom stereocenters. The van der Waals surface area contributed by atoms with Crippen LogP contribution in [0.25, 0.3) is 0 Å². The largest absolute Gasteiger partial charge is 0.0654 e. The van der Waals surface area contributed by atoms with E-state index in [0.717, 1.165) is 11.8 Å². The highest BCUT2D eigenvalue weighted by atomic mass is 14.3. The molecule has 1 rings (SSSR count). The Hall–Kier alpha value is 0. The van der Waals surface area contributed by atoms with E-state index in [1.54, 1.807) is 0 Å². The molecule has 0 aromatic carbocycles. The standard InChI is InChI=1S/C9H18.C7H16.C6H14.C5H12.C4H10/c1-8-4-6-9(2,3)7-5-8;1-5-6-7(2,3)4;1-5-6(2,3)4;1-5(2,3)4;1-4(2)3/h8H,4-7H2,1-3H3;5-6H2,1-4H3;5H2,1-4H3;1-4H3;4H,1-3H3. The molecule has 194 valence electrons. The van der Waals surface area contributed by atoms with Crippen molar-refractivity contribution in [2.24, 2.45) is 33.5 Å². The Balaban J connectivity index is -0.000000152. The monoisotopic (exact) mass is 443 g/mol. The third-order valence-electron chi connectivity index (χ3n) is 4.69. The Labute approximate surface area is 203 Å². The van der Waals surface area contributed by atoms with E-state index >= 15 is 0 Å². The van der Waals surface area contributed by atoms with Gasteiger partial charge in [-0.3, -0.25) is 0 Å². The van der Waals surface area contributed by atoms with Crippen molar-refractivity contribution in [1.29, 1.82) is 0 Å². The molecule has 1 saturated carbocycles. The predicted octanol–water partition coefficient (Wildman–Crippen LogP) is 12.2. The first-order valence-corrected chi connectivity index (χ1v) is 13.5. The van der Waals surface area contributed by atoms with Crippen LogP contribution in [0.15, 0.2) is 0 Å². The maximum absolute atomic E-state index is 2.39. The number of rotatable bonds is 1. The summed E-state index contributed by atoms with van der Waals surface area (Å²) in [6, 6.07) is 0. The van der Waals surface area contributed by atoms with Crippen LogP contribution in [0.5, 0.6) is 0 Å². The zero-order valence-electron chi connectivity index (χ0n) is 26.1. The molecule has 0 N–H and O–H groups in total. The molecule has 0 aliphatic heterocycles. The summed E-state index contributed by atoms with van der Waals surface area (Å²) < 4.78 is 0. The van der Waals surface area contributed by atoms with Crippen molar-refractivity contribution in [3.8, 4) is 0 Å². The van der Waals surface area contributed by atoms with E-state index in [-0.39, 0.29) is 0 Å². The van der Waals surface area contributed by atoms with Crippen molar-refractivity contribution in [2.75, 3.05) is 0 Å². The molecule has 0 heteroatoms. The van der Waals surface area contributed by atoms with Crippen LogP contribution in [-0.2, 0) is 0 Å². The van der Waals surface area contributed by atoms with Crippen molar-refractivity contribution < 1.29 is 0 Å². The van der Waals surface area contributed by atoms with Gasteiger partial charge >= 0.3 is 0 Å². The summed E-state index contributed by atoms with van der Waals surface area (Å²) >= 11 is 0. The van der Waals surface area contributed by atoms with Crippen LogP contribution in [0.4, 0.5) is 0 Å². The van der Waals surface area contributed by atoms with Crippen LogP contribution in [-0.4, -0.2) is 0 Å². The maximum Gasteiger partial charge on any atom is -0.0354 e. The van der Waals surface area contributed by atoms with Gasteiger partial charge in [0, 0.05) is 0 Å². The molecule has 0 radical (unpaired) electrons. The SMILES string of the molecule is CC(C)(C)C.CC(C)C.CC1CCC(C)(C)CC1.CCC(C)(C)C.CCCC(C)(C)C. The number of hydrogen-bond donors (Lipinski definition) is 0. The van der Waals surface area contributed by atoms with Crippen LogP contribution in [0.3, 0.4) is 0 Å². The lowest BCUT2D eigenvalue weighted by Gasteiger charge is -2.32. The molecule has 0 atom stereocenters. The van der Waals surface area contributed by atoms with E-state index < -0.39 is 0 Å². The van der Waals surface area contributed by atoms with Crippen LogP contribution < -0.4 is 0 Å². The highest BCUT2D eigenvalue weighted by Crippen LogP contribution is 2.37. The molecule has 0 aromatic rings. The van der Waals surface area contributed by atoms with Gasteiger partial charge in [0.25, 0.3) is 0 Å². The maximum atomic E-state index is 2.39. The van der Waals surface area contributed by atoms with Crippen LogP contribution in [0.1, 0.15) is 170 Å². The summed E-state index contributed by atoms with van der Waals surface area (Å²) in [6.45, 7) is 40.4. The van der Waals surface area contributed by atoms with Gasteiger partial charge in [0.15, 0.2) is 0 Å². The fraction of sp³-hybridized carbons (Fsp3) is 1.00. The molecule has 31 heavy (non-hydrogen) atoms. The van der Waals surface area contributed by atoms with E-state index in [4.69, 9.17) is 0 Å². The Morgan fingerprint density at radius 2 is 0.968 bits per heavy atom. The van der Waals surface area contributed by atoms with Gasteiger partial charge in [-0.25, -0.2) is 0 Å². The second-order valence-electron chi connectivity index (χ2n) is 15.3. The van der Waals surface area contributed by atoms with Crippen molar-refractivity contribution in [1.82, 2.24) is 0 Å². The van der Waals surface area contributed by atoms with E-state index in [0.29, 0.717) is 21.7 Å². The van der Waals surface area contributed by atoms with E-state index in [2.05, 4.69) is 125 Å². The first kappa shape index (κ1) is 38.3. The van der Waals surface area contributed by atoms with Gasteiger partial charge in [0.05, 0.1) is 0 Å². The van der Waals surface area contributed by atoms with E-state index in [9.17, 15) is 0 Å². The summed E-state index contributed by atoms with van der Waals surface area (Å²) in [4.78, 5) is 0. The normalized spacial score (nSPS) is 16.4. The zero-order chi connectivity index (χ0) is 26.1. The fourth-order valence-corrected chi connectivity index (χ4v) is 2.29. The van der Waals surface area contributed by atoms with Gasteiger partial charge in [0.1, 0.15) is 0 Å². The van der Waals surface area contributed by atoms with Gasteiger partial charge < -0.3 is 0 Å². The molecule has 1 aliphatic carbocycles. The minimum absolute atomic E-state index is 0.500. The second kappa shape index (κ2) is 18.4. The van der Waals surface area contributed by atoms with E-state index in [1.165, 1.54) is 44.9 Å². The summed E-state index contributed by atoms with van der Waals surface area (Å²) in [6.07, 6.45) is 9.70. The van der Waals surface area contributed by atoms with Gasteiger partial charge in [-0.2, -0.15) is 0 Å². The Morgan fingerprint density at radius 1 is 0.710 bits per heavy atom. The highest BCUT2D eigenvalue weighted by molar-refractivity contribution is 4.76. The second-order valence-corrected chi connectivity index (χ2v) is 15.3. The molecule has 0 aromatic heterocycles. The molecular formula is C31H70. The van der Waals surface area contributed by atoms with Crippen molar-refractivity contribution >= 4 is 0 Å². The lowest BCUT2D eigenvalue weighted by molar-refractivity contribution is 0.201. The topological polar surface area (TPSA) is 0 Å². The minimum atomic E-state index is 0.500. The minimum Gasteiger partial charge on any atom is -0.0654 e. The molecule has 0 heterocycles. The van der Waals surface area contributed by atoms with Crippen LogP contribution >= 0.6 is 0 Å². The van der Waals surface area contributed by atoms with Crippen molar-refractivity contribution in [2.45, 2.75) is 170 Å². The lowest BCUT2D eigenvalue weighted by Crippen LogP contribution is -2.19. The average molecular weight is 443 g/mol. The van der Waals surface area contributed by atoms with E-state index in [1.807, 2.05) is 0 Å². The van der Waals surface area contributed by atoms with Gasteiger partial charge in [0.2, 0.25) is 0 Å². The number of hydrogen-bond acceptors (Lipinski definition) is 0. The first-order chi connectivity index (χ1) is 13.5. The summed E-state index contributed by atoms with van der Waals surface area (Å²) in [7, 11) is 0. The summed E-state index contributed by atoms with van der Waals surface area (Å²) in [5.74, 6) is 1.83.